The number of carbonyl (C=O) groups excluding carboxylic acids is 2. The molecule has 0 unspecified atom stereocenters. The third-order valence-electron chi connectivity index (χ3n) is 3.22. The average molecular weight is 336 g/mol. The van der Waals surface area contributed by atoms with Gasteiger partial charge in [0.15, 0.2) is 0 Å². The maximum absolute atomic E-state index is 11.9. The second-order valence-electron chi connectivity index (χ2n) is 5.03. The summed E-state index contributed by atoms with van der Waals surface area (Å²) < 4.78 is 5.96. The molecule has 0 radical (unpaired) electrons. The van der Waals surface area contributed by atoms with Crippen molar-refractivity contribution in [3.8, 4) is 0 Å². The van der Waals surface area contributed by atoms with Gasteiger partial charge in [0.25, 0.3) is 0 Å². The van der Waals surface area contributed by atoms with Crippen molar-refractivity contribution >= 4 is 29.2 Å². The molecule has 2 rings (SSSR count). The Hall–Kier alpha value is -2.34. The summed E-state index contributed by atoms with van der Waals surface area (Å²) in [5.41, 5.74) is 1.71. The first-order valence-electron chi connectivity index (χ1n) is 7.20. The molecule has 23 heavy (non-hydrogen) atoms. The highest BCUT2D eigenvalue weighted by Gasteiger charge is 2.07. The Morgan fingerprint density at radius 1 is 1.30 bits per heavy atom. The minimum absolute atomic E-state index is 0.0168. The summed E-state index contributed by atoms with van der Waals surface area (Å²) in [7, 11) is 1.31. The molecule has 0 atom stereocenters. The number of halogens is 1. The number of carbonyl (C=O) groups is 2. The lowest BCUT2D eigenvalue weighted by atomic mass is 10.1. The van der Waals surface area contributed by atoms with E-state index in [0.717, 1.165) is 18.4 Å². The van der Waals surface area contributed by atoms with Crippen molar-refractivity contribution in [3.63, 3.8) is 0 Å². The first-order chi connectivity index (χ1) is 11.1. The van der Waals surface area contributed by atoms with Crippen molar-refractivity contribution in [2.45, 2.75) is 25.8 Å². The van der Waals surface area contributed by atoms with Crippen LogP contribution in [0.2, 0.25) is 5.02 Å². The first kappa shape index (κ1) is 17.0. The highest BCUT2D eigenvalue weighted by Crippen LogP contribution is 2.12. The van der Waals surface area contributed by atoms with Crippen molar-refractivity contribution in [1.29, 1.82) is 0 Å². The number of amides is 1. The fraction of sp³-hybridized carbons (Fsp3) is 0.312. The van der Waals surface area contributed by atoms with Crippen LogP contribution in [0, 0.1) is 0 Å². The van der Waals surface area contributed by atoms with Crippen molar-refractivity contribution in [2.24, 2.45) is 0 Å². The van der Waals surface area contributed by atoms with E-state index in [1.54, 1.807) is 6.20 Å². The van der Waals surface area contributed by atoms with Crippen molar-refractivity contribution in [2.75, 3.05) is 12.4 Å². The van der Waals surface area contributed by atoms with E-state index in [1.807, 2.05) is 24.3 Å². The summed E-state index contributed by atoms with van der Waals surface area (Å²) in [6.45, 7) is 0.0168. The molecule has 1 heterocycles. The first-order valence-corrected chi connectivity index (χ1v) is 7.58. The van der Waals surface area contributed by atoms with Gasteiger partial charge in [-0.2, -0.15) is 5.10 Å². The van der Waals surface area contributed by atoms with Crippen molar-refractivity contribution in [3.05, 3.63) is 47.2 Å². The molecule has 0 spiro atoms. The Balaban J connectivity index is 1.74. The quantitative estimate of drug-likeness (QED) is 0.789. The normalized spacial score (nSPS) is 10.3. The number of hydrogen-bond donors (Lipinski definition) is 1. The molecular formula is C16H18ClN3O3. The molecule has 0 saturated heterocycles. The summed E-state index contributed by atoms with van der Waals surface area (Å²) in [5, 5.41) is 7.44. The van der Waals surface area contributed by atoms with Gasteiger partial charge in [0.05, 0.1) is 19.0 Å². The molecule has 0 fully saturated rings. The van der Waals surface area contributed by atoms with Crippen LogP contribution in [-0.4, -0.2) is 28.8 Å². The second kappa shape index (κ2) is 8.33. The van der Waals surface area contributed by atoms with E-state index < -0.39 is 5.97 Å². The van der Waals surface area contributed by atoms with Crippen LogP contribution in [0.25, 0.3) is 0 Å². The third kappa shape index (κ3) is 5.75. The SMILES string of the molecule is COC(=O)Cn1cc(NC(=O)CCCc2ccc(Cl)cc2)cn1. The van der Waals surface area contributed by atoms with Gasteiger partial charge >= 0.3 is 5.97 Å². The lowest BCUT2D eigenvalue weighted by molar-refractivity contribution is -0.141. The lowest BCUT2D eigenvalue weighted by Crippen LogP contribution is -2.12. The van der Waals surface area contributed by atoms with Gasteiger partial charge in [-0.25, -0.2) is 0 Å². The zero-order chi connectivity index (χ0) is 16.7. The minimum atomic E-state index is -0.394. The van der Waals surface area contributed by atoms with Gasteiger partial charge in [-0.05, 0) is 30.5 Å². The minimum Gasteiger partial charge on any atom is -0.468 e. The molecule has 0 saturated carbocycles. The van der Waals surface area contributed by atoms with Gasteiger partial charge in [-0.3, -0.25) is 14.3 Å². The highest BCUT2D eigenvalue weighted by atomic mass is 35.5. The summed E-state index contributed by atoms with van der Waals surface area (Å²) in [5.74, 6) is -0.481. The van der Waals surface area contributed by atoms with Gasteiger partial charge in [0.1, 0.15) is 6.54 Å². The molecule has 1 amide bonds. The van der Waals surface area contributed by atoms with Gasteiger partial charge in [-0.15, -0.1) is 0 Å². The standard InChI is InChI=1S/C16H18ClN3O3/c1-23-16(22)11-20-10-14(9-18-20)19-15(21)4-2-3-12-5-7-13(17)8-6-12/h5-10H,2-4,11H2,1H3,(H,19,21). The predicted octanol–water partition coefficient (Wildman–Crippen LogP) is 2.67. The summed E-state index contributed by atoms with van der Waals surface area (Å²) >= 11 is 5.83. The number of methoxy groups -OCH3 is 1. The molecule has 0 aliphatic rings. The smallest absolute Gasteiger partial charge is 0.327 e. The Bertz CT molecular complexity index is 667. The zero-order valence-electron chi connectivity index (χ0n) is 12.8. The maximum atomic E-state index is 11.9. The molecule has 0 aliphatic heterocycles. The number of aryl methyl sites for hydroxylation is 1. The van der Waals surface area contributed by atoms with Crippen LogP contribution in [0.4, 0.5) is 5.69 Å². The van der Waals surface area contributed by atoms with Gasteiger partial charge in [-0.1, -0.05) is 23.7 Å². The predicted molar refractivity (Wildman–Crippen MR) is 87.3 cm³/mol. The number of ether oxygens (including phenoxy) is 1. The fourth-order valence-electron chi connectivity index (χ4n) is 2.04. The molecule has 0 aliphatic carbocycles. The van der Waals surface area contributed by atoms with Crippen LogP contribution in [0.1, 0.15) is 18.4 Å². The van der Waals surface area contributed by atoms with Crippen molar-refractivity contribution < 1.29 is 14.3 Å². The molecule has 2 aromatic rings. The average Bonchev–Trinajstić information content (AvgIpc) is 2.96. The van der Waals surface area contributed by atoms with Crippen LogP contribution in [-0.2, 0) is 27.3 Å². The van der Waals surface area contributed by atoms with Crippen LogP contribution in [0.15, 0.2) is 36.7 Å². The monoisotopic (exact) mass is 335 g/mol. The van der Waals surface area contributed by atoms with Gasteiger partial charge < -0.3 is 10.1 Å². The summed E-state index contributed by atoms with van der Waals surface area (Å²) in [6, 6.07) is 7.59. The second-order valence-corrected chi connectivity index (χ2v) is 5.47. The van der Waals surface area contributed by atoms with E-state index in [4.69, 9.17) is 11.6 Å². The topological polar surface area (TPSA) is 73.2 Å². The number of esters is 1. The molecular weight excluding hydrogens is 318 g/mol. The number of hydrogen-bond acceptors (Lipinski definition) is 4. The van der Waals surface area contributed by atoms with Crippen LogP contribution < -0.4 is 5.32 Å². The van der Waals surface area contributed by atoms with E-state index in [-0.39, 0.29) is 12.5 Å². The molecule has 0 bridgehead atoms. The zero-order valence-corrected chi connectivity index (χ0v) is 13.5. The van der Waals surface area contributed by atoms with Crippen LogP contribution >= 0.6 is 11.6 Å². The molecule has 1 aromatic heterocycles. The fourth-order valence-corrected chi connectivity index (χ4v) is 2.17. The van der Waals surface area contributed by atoms with Crippen LogP contribution in [0.3, 0.4) is 0 Å². The number of aromatic nitrogens is 2. The van der Waals surface area contributed by atoms with E-state index in [0.29, 0.717) is 17.1 Å². The van der Waals surface area contributed by atoms with E-state index in [9.17, 15) is 9.59 Å². The molecule has 122 valence electrons. The lowest BCUT2D eigenvalue weighted by Gasteiger charge is -2.03. The largest absolute Gasteiger partial charge is 0.468 e. The Morgan fingerprint density at radius 2 is 2.04 bits per heavy atom. The molecule has 6 nitrogen and oxygen atoms in total. The van der Waals surface area contributed by atoms with Gasteiger partial charge in [0, 0.05) is 17.6 Å². The maximum Gasteiger partial charge on any atom is 0.327 e. The Morgan fingerprint density at radius 3 is 2.74 bits per heavy atom. The number of rotatable bonds is 7. The van der Waals surface area contributed by atoms with Crippen LogP contribution in [0.5, 0.6) is 0 Å². The number of anilines is 1. The number of nitrogens with one attached hydrogen (secondary N) is 1. The van der Waals surface area contributed by atoms with Crippen molar-refractivity contribution in [1.82, 2.24) is 9.78 Å². The van der Waals surface area contributed by atoms with Gasteiger partial charge in [0.2, 0.25) is 5.91 Å². The number of nitrogens with zero attached hydrogens (tertiary/aromatic N) is 2. The van der Waals surface area contributed by atoms with E-state index in [2.05, 4.69) is 15.2 Å². The Labute approximate surface area is 139 Å². The third-order valence-corrected chi connectivity index (χ3v) is 3.47. The summed E-state index contributed by atoms with van der Waals surface area (Å²) in [6.07, 6.45) is 5.05. The summed E-state index contributed by atoms with van der Waals surface area (Å²) in [4.78, 5) is 23.0. The molecule has 1 aromatic carbocycles. The number of benzene rings is 1. The molecule has 7 heteroatoms. The Kier molecular flexibility index (Phi) is 6.17. The molecule has 1 N–H and O–H groups in total. The van der Waals surface area contributed by atoms with E-state index >= 15 is 0 Å². The highest BCUT2D eigenvalue weighted by molar-refractivity contribution is 6.30. The van der Waals surface area contributed by atoms with E-state index in [1.165, 1.54) is 18.0 Å².